The van der Waals surface area contributed by atoms with Gasteiger partial charge in [-0.1, -0.05) is 36.0 Å². The fourth-order valence-corrected chi connectivity index (χ4v) is 14.7. The van der Waals surface area contributed by atoms with Crippen LogP contribution in [0, 0.1) is 35.7 Å². The van der Waals surface area contributed by atoms with Gasteiger partial charge in [0.05, 0.1) is 76.9 Å². The van der Waals surface area contributed by atoms with E-state index in [0.717, 1.165) is 183 Å². The van der Waals surface area contributed by atoms with Gasteiger partial charge in [0.1, 0.15) is 51.4 Å². The summed E-state index contributed by atoms with van der Waals surface area (Å²) in [7, 11) is -2.23. The molecule has 0 atom stereocenters. The molecule has 14 rings (SSSR count). The van der Waals surface area contributed by atoms with Gasteiger partial charge in [-0.15, -0.1) is 0 Å². The zero-order valence-corrected chi connectivity index (χ0v) is 80.1. The largest absolute Gasteiger partial charge is 1.00 e. The first-order chi connectivity index (χ1) is 58.9. The number of methoxy groups -OCH3 is 3. The Morgan fingerprint density at radius 2 is 0.764 bits per heavy atom. The standard InChI is InChI=1S/C19H22BN2O5.C19H21BrN2O3.C19H21N2O3.C12H17BrN2O3S.C11H15BrN2O.C5H3BrClN.BF3.K/c1-25-19(23)15-3-2-4-16(11-15)26-13-14-7-9-22(10-8-14)18-6-5-17(12-21-18)27-20-24;1-24-19(23)15-3-2-4-17(11-15)25-13-14-7-9-22(10-8-14)18-6-5-16(20)12-21-18;1-23-19(22)16-5-4-6-17(13-16)24-14-15-8-11-21(12-9-15)18-7-2-3-10-20-18;1-19(16,17)18-9-10-4-6-15(7-5-10)12-3-2-11(13)8-14-12;12-10-1-2-11(13-7-10)14-5-3-9(8-15)4-6-14;6-4-1-2-5(7)8-3-4;2-1(3)4;/h2-6,11-12,14,24H,7-10,13H2,1H3;2-6,11-12,14H,7-10,13H2,1H3;2,4-7,10,13,15H,8-9,11-12,14H2,1H3;2-3,8,10H,4-7,9H2,1H3;1-2,7,9,15H,3-6,8H2;1-3H;;/q;;-1;;;;;+1. The summed E-state index contributed by atoms with van der Waals surface area (Å²) >= 11 is 18.9. The minimum absolute atomic E-state index is 0. The van der Waals surface area contributed by atoms with Crippen LogP contribution in [-0.2, 0) is 28.5 Å². The molecule has 0 bridgehead atoms. The molecular weight excluding hydrogens is 1920 g/mol. The Labute approximate surface area is 800 Å². The van der Waals surface area contributed by atoms with Gasteiger partial charge in [0.25, 0.3) is 10.1 Å². The van der Waals surface area contributed by atoms with Gasteiger partial charge in [0, 0.05) is 121 Å². The number of aliphatic hydroxyl groups is 1. The van der Waals surface area contributed by atoms with E-state index < -0.39 is 17.7 Å². The molecule has 3 aromatic carbocycles. The van der Waals surface area contributed by atoms with Gasteiger partial charge in [-0.25, -0.2) is 51.4 Å². The zero-order chi connectivity index (χ0) is 87.6. The summed E-state index contributed by atoms with van der Waals surface area (Å²) in [6, 6.07) is 47.4. The Morgan fingerprint density at radius 3 is 1.02 bits per heavy atom. The van der Waals surface area contributed by atoms with Gasteiger partial charge < -0.3 is 67.7 Å². The van der Waals surface area contributed by atoms with Crippen molar-refractivity contribution in [2.45, 2.75) is 64.2 Å². The van der Waals surface area contributed by atoms with Gasteiger partial charge in [-0.05, 0) is 273 Å². The number of aromatic nitrogens is 6. The van der Waals surface area contributed by atoms with Crippen LogP contribution in [0.3, 0.4) is 0 Å². The number of carbonyl (C=O) groups is 3. The van der Waals surface area contributed by atoms with Crippen LogP contribution in [-0.4, -0.2) is 208 Å². The number of hydrogen-bond donors (Lipinski definition) is 2. The van der Waals surface area contributed by atoms with Crippen LogP contribution in [0.4, 0.5) is 42.0 Å². The van der Waals surface area contributed by atoms with E-state index in [2.05, 4.69) is 124 Å². The maximum absolute atomic E-state index is 11.6. The van der Waals surface area contributed by atoms with E-state index in [4.69, 9.17) is 59.0 Å². The Morgan fingerprint density at radius 1 is 0.455 bits per heavy atom. The van der Waals surface area contributed by atoms with Crippen molar-refractivity contribution >= 4 is 148 Å². The number of carbonyl (C=O) groups excluding carboxylic acids is 3. The number of hydrogen-bond acceptors (Lipinski definition) is 26. The van der Waals surface area contributed by atoms with Gasteiger partial charge in [-0.2, -0.15) is 14.5 Å². The summed E-state index contributed by atoms with van der Waals surface area (Å²) in [5.74, 6) is 8.73. The van der Waals surface area contributed by atoms with Crippen molar-refractivity contribution in [2.24, 2.45) is 29.6 Å². The fraction of sp³-hybridized carbons (Fsp3) is 0.400. The first kappa shape index (κ1) is 103. The molecule has 2 N–H and O–H groups in total. The third-order valence-corrected chi connectivity index (χ3v) is 22.7. The second kappa shape index (κ2) is 56.1. The molecule has 26 nitrogen and oxygen atoms in total. The molecule has 6 aromatic heterocycles. The quantitative estimate of drug-likeness (QED) is 0.0150. The summed E-state index contributed by atoms with van der Waals surface area (Å²) in [5.41, 5.74) is 1.51. The zero-order valence-electron chi connectivity index (χ0n) is 69.1. The maximum atomic E-state index is 11.6. The number of esters is 3. The number of ether oxygens (including phenoxy) is 6. The average molecular weight is 2020 g/mol. The van der Waals surface area contributed by atoms with Gasteiger partial charge >= 0.3 is 84.5 Å². The van der Waals surface area contributed by atoms with Crippen molar-refractivity contribution in [3.8, 4) is 23.0 Å². The molecule has 0 aliphatic carbocycles. The van der Waals surface area contributed by atoms with Crippen LogP contribution in [0.1, 0.15) is 95.3 Å². The second-order valence-corrected chi connectivity index (χ2v) is 34.3. The summed E-state index contributed by atoms with van der Waals surface area (Å²) < 4.78 is 96.4. The normalized spacial score (nSPS) is 15.0. The number of benzene rings is 3. The molecule has 5 saturated heterocycles. The van der Waals surface area contributed by atoms with Gasteiger partial charge in [0.2, 0.25) is 0 Å². The molecule has 0 amide bonds. The Balaban J connectivity index is 0.000000206. The summed E-state index contributed by atoms with van der Waals surface area (Å²) in [6.45, 7) is 12.0. The fourth-order valence-electron chi connectivity index (χ4n) is 13.2. The maximum Gasteiger partial charge on any atom is 1.00 e. The molecule has 9 aromatic rings. The molecule has 11 heterocycles. The first-order valence-corrected chi connectivity index (χ1v) is 44.8. The van der Waals surface area contributed by atoms with Crippen molar-refractivity contribution in [2.75, 3.05) is 151 Å². The molecule has 38 heteroatoms. The predicted molar refractivity (Wildman–Crippen MR) is 480 cm³/mol. The SMILES string of the molecule is COC(=O)c1cccc(OCC2CCN(c3cc[c-]cn3)CC2)c1.COC(=O)c1cccc(OCC2CCN(c3ccc(Br)cn3)CC2)c1.COC(=O)c1cccc(OCC2CCN(c3ccc(O[B]O)cn3)CC2)c1.CS(=O)(=O)OCC1CCN(c2ccc(Br)cn2)CC1.Clc1ccc(Br)cn1.FB(F)F.OCC1CCN(c2ccc(Br)cn2)CC1.[K+]. The second-order valence-electron chi connectivity index (χ2n) is 28.6. The Bertz CT molecular complexity index is 4650. The molecule has 1 radical (unpaired) electrons. The van der Waals surface area contributed by atoms with E-state index >= 15 is 0 Å². The van der Waals surface area contributed by atoms with E-state index in [9.17, 15) is 35.7 Å². The molecule has 0 unspecified atom stereocenters. The first-order valence-electron chi connectivity index (χ1n) is 39.4. The smallest absolute Gasteiger partial charge is 0.536 e. The van der Waals surface area contributed by atoms with Crippen LogP contribution < -0.4 is 94.7 Å². The Hall–Kier alpha value is -7.23. The van der Waals surface area contributed by atoms with Gasteiger partial charge in [-0.3, -0.25) is 22.1 Å². The summed E-state index contributed by atoms with van der Waals surface area (Å²) in [4.78, 5) is 71.7. The van der Waals surface area contributed by atoms with E-state index in [-0.39, 0.29) is 69.3 Å². The van der Waals surface area contributed by atoms with E-state index in [1.165, 1.54) is 21.3 Å². The molecule has 0 spiro atoms. The summed E-state index contributed by atoms with van der Waals surface area (Å²) in [5, 5.41) is 18.2. The van der Waals surface area contributed by atoms with Crippen molar-refractivity contribution in [3.63, 3.8) is 0 Å². The third-order valence-electron chi connectivity index (χ3n) is 20.0. The number of rotatable bonds is 23. The molecule has 5 aliphatic heterocycles. The van der Waals surface area contributed by atoms with Crippen molar-refractivity contribution in [1.29, 1.82) is 0 Å². The summed E-state index contributed by atoms with van der Waals surface area (Å²) in [6.07, 6.45) is 21.7. The average Bonchev–Trinajstić information content (AvgIpc) is 0.858. The van der Waals surface area contributed by atoms with Crippen LogP contribution in [0.25, 0.3) is 0 Å². The van der Waals surface area contributed by atoms with Crippen LogP contribution in [0.2, 0.25) is 5.15 Å². The van der Waals surface area contributed by atoms with Crippen molar-refractivity contribution < 1.29 is 135 Å². The topological polar surface area (TPSA) is 293 Å². The van der Waals surface area contributed by atoms with Gasteiger partial charge in [0.15, 0.2) is 0 Å². The van der Waals surface area contributed by atoms with Crippen LogP contribution in [0.15, 0.2) is 201 Å². The van der Waals surface area contributed by atoms with Crippen molar-refractivity contribution in [1.82, 2.24) is 29.9 Å². The number of pyridine rings is 6. The van der Waals surface area contributed by atoms with Crippen molar-refractivity contribution in [3.05, 3.63) is 229 Å². The minimum Gasteiger partial charge on any atom is -0.536 e. The molecule has 653 valence electrons. The molecule has 0 saturated carbocycles. The monoisotopic (exact) mass is 2010 g/mol. The number of aliphatic hydroxyl groups excluding tert-OH is 1. The number of anilines is 5. The third kappa shape index (κ3) is 38.5. The molecule has 5 aliphatic rings. The van der Waals surface area contributed by atoms with E-state index in [1.807, 2.05) is 103 Å². The number of piperidine rings is 5. The molecule has 123 heavy (non-hydrogen) atoms. The molecule has 5 fully saturated rings. The van der Waals surface area contributed by atoms with Crippen LogP contribution in [0.5, 0.6) is 23.0 Å². The number of nitrogens with zero attached hydrogens (tertiary/aromatic N) is 11. The van der Waals surface area contributed by atoms with Crippen LogP contribution >= 0.6 is 75.3 Å². The van der Waals surface area contributed by atoms with E-state index in [1.54, 1.807) is 79.4 Å². The number of halogens is 8. The van der Waals surface area contributed by atoms with E-state index in [0.29, 0.717) is 115 Å². The minimum atomic E-state index is -3.67. The Kier molecular flexibility index (Phi) is 46.9. The molecular formula is C85H99B2Br4ClF3KN11O15S. The predicted octanol–water partition coefficient (Wildman–Crippen LogP) is 13.4.